The maximum absolute atomic E-state index is 11.8. The van der Waals surface area contributed by atoms with Crippen LogP contribution in [0.15, 0.2) is 24.3 Å². The van der Waals surface area contributed by atoms with Gasteiger partial charge in [0, 0.05) is 24.3 Å². The summed E-state index contributed by atoms with van der Waals surface area (Å²) in [7, 11) is 0. The topological polar surface area (TPSA) is 70.2 Å². The summed E-state index contributed by atoms with van der Waals surface area (Å²) in [4.78, 5) is 23.5. The fraction of sp³-hybridized carbons (Fsp3) is 0.600. The second kappa shape index (κ2) is 12.3. The molecule has 1 aromatic carbocycles. The highest BCUT2D eigenvalue weighted by molar-refractivity contribution is 5.91. The molecule has 0 saturated heterocycles. The number of hydrogen-bond acceptors (Lipinski definition) is 3. The fourth-order valence-corrected chi connectivity index (χ4v) is 2.46. The molecule has 1 aromatic rings. The van der Waals surface area contributed by atoms with E-state index in [2.05, 4.69) is 22.9 Å². The predicted octanol–water partition coefficient (Wildman–Crippen LogP) is 4.17. The zero-order chi connectivity index (χ0) is 18.5. The molecule has 0 atom stereocenters. The monoisotopic (exact) mass is 347 g/mol. The molecule has 0 aliphatic rings. The lowest BCUT2D eigenvalue weighted by Crippen LogP contribution is -2.30. The summed E-state index contributed by atoms with van der Waals surface area (Å²) < 4.78 is 0. The van der Waals surface area contributed by atoms with Gasteiger partial charge in [-0.15, -0.1) is 0 Å². The minimum absolute atomic E-state index is 0.00445. The van der Waals surface area contributed by atoms with Crippen LogP contribution in [0.5, 0.6) is 0 Å². The average Bonchev–Trinajstić information content (AvgIpc) is 2.56. The lowest BCUT2D eigenvalue weighted by atomic mass is 10.1. The van der Waals surface area contributed by atoms with Gasteiger partial charge in [0.2, 0.25) is 11.8 Å². The van der Waals surface area contributed by atoms with Gasteiger partial charge in [0.1, 0.15) is 0 Å². The van der Waals surface area contributed by atoms with Crippen LogP contribution in [0.4, 0.5) is 11.4 Å². The first-order chi connectivity index (χ1) is 12.0. The molecule has 0 spiro atoms. The van der Waals surface area contributed by atoms with Gasteiger partial charge in [-0.25, -0.2) is 0 Å². The highest BCUT2D eigenvalue weighted by Crippen LogP contribution is 2.14. The molecule has 0 aliphatic carbocycles. The van der Waals surface area contributed by atoms with Crippen LogP contribution in [0.2, 0.25) is 0 Å². The number of amides is 2. The summed E-state index contributed by atoms with van der Waals surface area (Å²) in [6.07, 6.45) is 6.46. The van der Waals surface area contributed by atoms with Crippen LogP contribution in [-0.4, -0.2) is 24.9 Å². The van der Waals surface area contributed by atoms with E-state index in [4.69, 9.17) is 0 Å². The maximum atomic E-state index is 11.8. The van der Waals surface area contributed by atoms with Crippen molar-refractivity contribution in [3.05, 3.63) is 24.3 Å². The molecule has 1 rings (SSSR count). The van der Waals surface area contributed by atoms with Crippen LogP contribution in [0.1, 0.15) is 59.3 Å². The Morgan fingerprint density at radius 3 is 2.20 bits per heavy atom. The molecule has 0 fully saturated rings. The lowest BCUT2D eigenvalue weighted by Gasteiger charge is -2.10. The van der Waals surface area contributed by atoms with Crippen LogP contribution >= 0.6 is 0 Å². The lowest BCUT2D eigenvalue weighted by molar-refractivity contribution is -0.119. The number of nitrogens with one attached hydrogen (secondary N) is 3. The molecule has 5 nitrogen and oxygen atoms in total. The van der Waals surface area contributed by atoms with E-state index in [1.54, 1.807) is 0 Å². The minimum atomic E-state index is 0.00445. The van der Waals surface area contributed by atoms with E-state index in [-0.39, 0.29) is 18.4 Å². The smallest absolute Gasteiger partial charge is 0.239 e. The molecular formula is C20H33N3O2. The third kappa shape index (κ3) is 10.4. The van der Waals surface area contributed by atoms with Gasteiger partial charge >= 0.3 is 0 Å². The van der Waals surface area contributed by atoms with Crippen molar-refractivity contribution in [2.24, 2.45) is 5.92 Å². The van der Waals surface area contributed by atoms with Crippen molar-refractivity contribution in [1.29, 1.82) is 0 Å². The van der Waals surface area contributed by atoms with E-state index < -0.39 is 0 Å². The van der Waals surface area contributed by atoms with Crippen LogP contribution < -0.4 is 16.0 Å². The summed E-state index contributed by atoms with van der Waals surface area (Å²) >= 11 is 0. The van der Waals surface area contributed by atoms with Gasteiger partial charge < -0.3 is 16.0 Å². The van der Waals surface area contributed by atoms with Crippen LogP contribution in [0.3, 0.4) is 0 Å². The summed E-state index contributed by atoms with van der Waals surface area (Å²) in [5.74, 6) is 0.366. The molecule has 0 aromatic heterocycles. The number of benzene rings is 1. The molecule has 0 saturated carbocycles. The van der Waals surface area contributed by atoms with Gasteiger partial charge in [-0.2, -0.15) is 0 Å². The second-order valence-corrected chi connectivity index (χ2v) is 6.84. The zero-order valence-corrected chi connectivity index (χ0v) is 15.9. The van der Waals surface area contributed by atoms with Crippen molar-refractivity contribution in [2.45, 2.75) is 59.3 Å². The number of rotatable bonds is 12. The first-order valence-corrected chi connectivity index (χ1v) is 9.41. The van der Waals surface area contributed by atoms with E-state index in [1.807, 2.05) is 38.1 Å². The first kappa shape index (κ1) is 21.0. The largest absolute Gasteiger partial charge is 0.376 e. The van der Waals surface area contributed by atoms with Crippen molar-refractivity contribution >= 4 is 23.2 Å². The average molecular weight is 348 g/mol. The van der Waals surface area contributed by atoms with Gasteiger partial charge in [0.15, 0.2) is 0 Å². The van der Waals surface area contributed by atoms with Gasteiger partial charge in [0.05, 0.1) is 6.54 Å². The van der Waals surface area contributed by atoms with E-state index in [1.165, 1.54) is 25.7 Å². The molecule has 140 valence electrons. The molecule has 3 N–H and O–H groups in total. The molecule has 0 heterocycles. The molecule has 5 heteroatoms. The molecule has 0 aliphatic heterocycles. The van der Waals surface area contributed by atoms with Crippen molar-refractivity contribution in [3.8, 4) is 0 Å². The number of carbonyl (C=O) groups excluding carboxylic acids is 2. The summed E-state index contributed by atoms with van der Waals surface area (Å²) in [6.45, 7) is 7.23. The van der Waals surface area contributed by atoms with E-state index in [0.29, 0.717) is 12.3 Å². The second-order valence-electron chi connectivity index (χ2n) is 6.84. The molecular weight excluding hydrogens is 314 g/mol. The number of hydrogen-bond donors (Lipinski definition) is 3. The normalized spacial score (nSPS) is 10.6. The quantitative estimate of drug-likeness (QED) is 0.497. The van der Waals surface area contributed by atoms with Crippen LogP contribution in [0.25, 0.3) is 0 Å². The molecule has 0 unspecified atom stereocenters. The standard InChI is InChI=1S/C20H33N3O2/c1-4-5-6-7-8-13-21-20(25)15-22-17-9-11-18(12-10-17)23-19(24)14-16(2)3/h9-12,16,22H,4-8,13-15H2,1-3H3,(H,21,25)(H,23,24). The van der Waals surface area contributed by atoms with Gasteiger partial charge in [0.25, 0.3) is 0 Å². The molecule has 0 bridgehead atoms. The van der Waals surface area contributed by atoms with Crippen molar-refractivity contribution in [3.63, 3.8) is 0 Å². The van der Waals surface area contributed by atoms with Crippen molar-refractivity contribution < 1.29 is 9.59 Å². The zero-order valence-electron chi connectivity index (χ0n) is 15.9. The Morgan fingerprint density at radius 2 is 1.56 bits per heavy atom. The van der Waals surface area contributed by atoms with E-state index >= 15 is 0 Å². The van der Waals surface area contributed by atoms with E-state index in [9.17, 15) is 9.59 Å². The highest BCUT2D eigenvalue weighted by Gasteiger charge is 2.05. The highest BCUT2D eigenvalue weighted by atomic mass is 16.2. The predicted molar refractivity (Wildman–Crippen MR) is 105 cm³/mol. The van der Waals surface area contributed by atoms with Gasteiger partial charge in [-0.1, -0.05) is 46.5 Å². The maximum Gasteiger partial charge on any atom is 0.239 e. The molecule has 2 amide bonds. The Labute approximate surface area is 152 Å². The summed E-state index contributed by atoms with van der Waals surface area (Å²) in [5, 5.41) is 8.89. The molecule has 25 heavy (non-hydrogen) atoms. The summed E-state index contributed by atoms with van der Waals surface area (Å²) in [5.41, 5.74) is 1.63. The summed E-state index contributed by atoms with van der Waals surface area (Å²) in [6, 6.07) is 7.41. The molecule has 0 radical (unpaired) electrons. The van der Waals surface area contributed by atoms with Crippen molar-refractivity contribution in [2.75, 3.05) is 23.7 Å². The Morgan fingerprint density at radius 1 is 0.920 bits per heavy atom. The third-order valence-electron chi connectivity index (χ3n) is 3.82. The Kier molecular flexibility index (Phi) is 10.4. The van der Waals surface area contributed by atoms with Gasteiger partial charge in [-0.05, 0) is 36.6 Å². The SMILES string of the molecule is CCCCCCCNC(=O)CNc1ccc(NC(=O)CC(C)C)cc1. The number of anilines is 2. The first-order valence-electron chi connectivity index (χ1n) is 9.41. The third-order valence-corrected chi connectivity index (χ3v) is 3.82. The van der Waals surface area contributed by atoms with Gasteiger partial charge in [-0.3, -0.25) is 9.59 Å². The van der Waals surface area contributed by atoms with E-state index in [0.717, 1.165) is 24.3 Å². The van der Waals surface area contributed by atoms with Crippen LogP contribution in [0, 0.1) is 5.92 Å². The van der Waals surface area contributed by atoms with Crippen LogP contribution in [-0.2, 0) is 9.59 Å². The Balaban J connectivity index is 2.22. The Bertz CT molecular complexity index is 512. The van der Waals surface area contributed by atoms with Crippen molar-refractivity contribution in [1.82, 2.24) is 5.32 Å². The number of unbranched alkanes of at least 4 members (excludes halogenated alkanes) is 4. The Hall–Kier alpha value is -2.04. The fourth-order valence-electron chi connectivity index (χ4n) is 2.46. The minimum Gasteiger partial charge on any atom is -0.376 e. The number of carbonyl (C=O) groups is 2.